The van der Waals surface area contributed by atoms with E-state index in [2.05, 4.69) is 12.2 Å². The molecule has 0 amide bonds. The Bertz CT molecular complexity index is 358. The van der Waals surface area contributed by atoms with Crippen LogP contribution in [0.25, 0.3) is 0 Å². The fourth-order valence-corrected chi connectivity index (χ4v) is 2.09. The molecule has 0 saturated carbocycles. The summed E-state index contributed by atoms with van der Waals surface area (Å²) in [6.07, 6.45) is 2.04. The molecule has 0 radical (unpaired) electrons. The Morgan fingerprint density at radius 1 is 1.22 bits per heavy atom. The van der Waals surface area contributed by atoms with Crippen LogP contribution >= 0.6 is 23.2 Å². The van der Waals surface area contributed by atoms with E-state index in [0.29, 0.717) is 10.0 Å². The Morgan fingerprint density at radius 2 is 2.00 bits per heavy atom. The first-order valence-corrected chi connectivity index (χ1v) is 7.20. The summed E-state index contributed by atoms with van der Waals surface area (Å²) in [7, 11) is 0. The number of benzene rings is 1. The predicted molar refractivity (Wildman–Crippen MR) is 78.6 cm³/mol. The molecule has 0 saturated heterocycles. The third-order valence-electron chi connectivity index (χ3n) is 2.74. The number of nitrogens with one attached hydrogen (secondary N) is 1. The number of ether oxygens (including phenoxy) is 1. The van der Waals surface area contributed by atoms with Crippen LogP contribution in [0.5, 0.6) is 0 Å². The molecule has 2 nitrogen and oxygen atoms in total. The molecule has 1 aromatic rings. The van der Waals surface area contributed by atoms with Crippen LogP contribution in [0.2, 0.25) is 10.0 Å². The van der Waals surface area contributed by atoms with Crippen molar-refractivity contribution in [3.63, 3.8) is 0 Å². The van der Waals surface area contributed by atoms with Crippen molar-refractivity contribution in [3.05, 3.63) is 33.8 Å². The molecule has 0 aromatic heterocycles. The van der Waals surface area contributed by atoms with Gasteiger partial charge < -0.3 is 10.1 Å². The number of halogens is 2. The molecule has 0 fully saturated rings. The van der Waals surface area contributed by atoms with Crippen molar-refractivity contribution >= 4 is 23.2 Å². The predicted octanol–water partition coefficient (Wildman–Crippen LogP) is 4.46. The van der Waals surface area contributed by atoms with E-state index < -0.39 is 0 Å². The Hall–Kier alpha value is -0.280. The van der Waals surface area contributed by atoms with E-state index in [0.717, 1.165) is 38.2 Å². The quantitative estimate of drug-likeness (QED) is 0.714. The molecule has 0 heterocycles. The van der Waals surface area contributed by atoms with Gasteiger partial charge in [-0.25, -0.2) is 0 Å². The van der Waals surface area contributed by atoms with Gasteiger partial charge in [0.15, 0.2) is 0 Å². The summed E-state index contributed by atoms with van der Waals surface area (Å²) >= 11 is 12.0. The first-order chi connectivity index (χ1) is 8.69. The minimum atomic E-state index is 0.270. The minimum Gasteiger partial charge on any atom is -0.382 e. The third-order valence-corrected chi connectivity index (χ3v) is 3.48. The van der Waals surface area contributed by atoms with Gasteiger partial charge in [-0.2, -0.15) is 0 Å². The van der Waals surface area contributed by atoms with Crippen LogP contribution in [-0.4, -0.2) is 19.8 Å². The normalized spacial score (nSPS) is 12.7. The van der Waals surface area contributed by atoms with Crippen molar-refractivity contribution in [1.82, 2.24) is 5.32 Å². The number of hydrogen-bond acceptors (Lipinski definition) is 2. The molecule has 0 spiro atoms. The van der Waals surface area contributed by atoms with Gasteiger partial charge in [-0.3, -0.25) is 0 Å². The van der Waals surface area contributed by atoms with E-state index in [1.807, 2.05) is 25.1 Å². The maximum Gasteiger partial charge on any atom is 0.0595 e. The van der Waals surface area contributed by atoms with E-state index in [1.165, 1.54) is 0 Å². The van der Waals surface area contributed by atoms with E-state index in [-0.39, 0.29) is 6.04 Å². The Kier molecular flexibility index (Phi) is 7.68. The number of rotatable bonds is 8. The van der Waals surface area contributed by atoms with Gasteiger partial charge in [0.2, 0.25) is 0 Å². The largest absolute Gasteiger partial charge is 0.382 e. The van der Waals surface area contributed by atoms with E-state index in [4.69, 9.17) is 27.9 Å². The monoisotopic (exact) mass is 289 g/mol. The molecule has 0 aliphatic carbocycles. The summed E-state index contributed by atoms with van der Waals surface area (Å²) in [6.45, 7) is 6.64. The fourth-order valence-electron chi connectivity index (χ4n) is 1.78. The minimum absolute atomic E-state index is 0.270. The zero-order valence-corrected chi connectivity index (χ0v) is 12.5. The van der Waals surface area contributed by atoms with Crippen LogP contribution in [0.3, 0.4) is 0 Å². The van der Waals surface area contributed by atoms with Gasteiger partial charge in [0.25, 0.3) is 0 Å². The topological polar surface area (TPSA) is 21.3 Å². The fraction of sp³-hybridized carbons (Fsp3) is 0.571. The highest BCUT2D eigenvalue weighted by Gasteiger charge is 2.12. The highest BCUT2D eigenvalue weighted by Crippen LogP contribution is 2.27. The van der Waals surface area contributed by atoms with Crippen molar-refractivity contribution in [2.45, 2.75) is 32.7 Å². The van der Waals surface area contributed by atoms with Crippen molar-refractivity contribution in [2.24, 2.45) is 0 Å². The van der Waals surface area contributed by atoms with E-state index in [1.54, 1.807) is 0 Å². The van der Waals surface area contributed by atoms with Gasteiger partial charge in [-0.1, -0.05) is 36.2 Å². The Balaban J connectivity index is 2.70. The summed E-state index contributed by atoms with van der Waals surface area (Å²) in [5.74, 6) is 0. The second-order valence-electron chi connectivity index (χ2n) is 4.17. The highest BCUT2D eigenvalue weighted by atomic mass is 35.5. The summed E-state index contributed by atoms with van der Waals surface area (Å²) in [5, 5.41) is 4.71. The molecule has 1 atom stereocenters. The van der Waals surface area contributed by atoms with Crippen LogP contribution in [0.1, 0.15) is 38.3 Å². The average Bonchev–Trinajstić information content (AvgIpc) is 2.37. The van der Waals surface area contributed by atoms with Crippen LogP contribution in [0.15, 0.2) is 18.2 Å². The maximum absolute atomic E-state index is 6.06. The van der Waals surface area contributed by atoms with Crippen molar-refractivity contribution in [3.8, 4) is 0 Å². The second-order valence-corrected chi connectivity index (χ2v) is 4.98. The summed E-state index contributed by atoms with van der Waals surface area (Å²) < 4.78 is 5.42. The molecule has 1 aromatic carbocycles. The lowest BCUT2D eigenvalue weighted by Gasteiger charge is -2.19. The molecule has 0 aliphatic rings. The lowest BCUT2D eigenvalue weighted by atomic mass is 10.0. The summed E-state index contributed by atoms with van der Waals surface area (Å²) in [4.78, 5) is 0. The SMILES string of the molecule is CCCNC(CCOCC)c1ccc(Cl)c(Cl)c1. The van der Waals surface area contributed by atoms with Gasteiger partial charge >= 0.3 is 0 Å². The van der Waals surface area contributed by atoms with E-state index >= 15 is 0 Å². The Labute approximate surface area is 120 Å². The zero-order valence-electron chi connectivity index (χ0n) is 11.0. The molecule has 4 heteroatoms. The first-order valence-electron chi connectivity index (χ1n) is 6.45. The van der Waals surface area contributed by atoms with Crippen LogP contribution in [-0.2, 0) is 4.74 Å². The van der Waals surface area contributed by atoms with Gasteiger partial charge in [0, 0.05) is 19.3 Å². The lowest BCUT2D eigenvalue weighted by molar-refractivity contribution is 0.136. The van der Waals surface area contributed by atoms with Crippen LogP contribution in [0, 0.1) is 0 Å². The third kappa shape index (κ3) is 5.15. The molecular weight excluding hydrogens is 269 g/mol. The van der Waals surface area contributed by atoms with Crippen LogP contribution < -0.4 is 5.32 Å². The molecule has 18 heavy (non-hydrogen) atoms. The molecular formula is C14H21Cl2NO. The molecule has 102 valence electrons. The summed E-state index contributed by atoms with van der Waals surface area (Å²) in [6, 6.07) is 6.07. The molecule has 0 bridgehead atoms. The van der Waals surface area contributed by atoms with Gasteiger partial charge in [-0.05, 0) is 44.0 Å². The molecule has 0 aliphatic heterocycles. The highest BCUT2D eigenvalue weighted by molar-refractivity contribution is 6.42. The summed E-state index contributed by atoms with van der Waals surface area (Å²) in [5.41, 5.74) is 1.16. The van der Waals surface area contributed by atoms with E-state index in [9.17, 15) is 0 Å². The lowest BCUT2D eigenvalue weighted by Crippen LogP contribution is -2.23. The smallest absolute Gasteiger partial charge is 0.0595 e. The number of hydrogen-bond donors (Lipinski definition) is 1. The van der Waals surface area contributed by atoms with Gasteiger partial charge in [-0.15, -0.1) is 0 Å². The Morgan fingerprint density at radius 3 is 2.61 bits per heavy atom. The molecule has 1 N–H and O–H groups in total. The van der Waals surface area contributed by atoms with Gasteiger partial charge in [0.1, 0.15) is 0 Å². The van der Waals surface area contributed by atoms with Crippen molar-refractivity contribution in [1.29, 1.82) is 0 Å². The zero-order chi connectivity index (χ0) is 13.4. The standard InChI is InChI=1S/C14H21Cl2NO/c1-3-8-17-14(7-9-18-4-2)11-5-6-12(15)13(16)10-11/h5-6,10,14,17H,3-4,7-9H2,1-2H3. The first kappa shape index (κ1) is 15.8. The van der Waals surface area contributed by atoms with Crippen molar-refractivity contribution < 1.29 is 4.74 Å². The molecule has 1 rings (SSSR count). The maximum atomic E-state index is 6.06. The van der Waals surface area contributed by atoms with Crippen LogP contribution in [0.4, 0.5) is 0 Å². The van der Waals surface area contributed by atoms with Gasteiger partial charge in [0.05, 0.1) is 10.0 Å². The second kappa shape index (κ2) is 8.76. The van der Waals surface area contributed by atoms with Crippen molar-refractivity contribution in [2.75, 3.05) is 19.8 Å². The molecule has 1 unspecified atom stereocenters. The average molecular weight is 290 g/mol.